The molecule has 0 bridgehead atoms. The van der Waals surface area contributed by atoms with Gasteiger partial charge in [0.1, 0.15) is 0 Å². The van der Waals surface area contributed by atoms with E-state index in [1.165, 1.54) is 45.2 Å². The summed E-state index contributed by atoms with van der Waals surface area (Å²) < 4.78 is 0. The van der Waals surface area contributed by atoms with Gasteiger partial charge in [0.15, 0.2) is 0 Å². The zero-order chi connectivity index (χ0) is 11.3. The summed E-state index contributed by atoms with van der Waals surface area (Å²) in [5.74, 6) is 0.865. The first-order valence-corrected chi connectivity index (χ1v) is 6.63. The lowest BCUT2D eigenvalue weighted by Crippen LogP contribution is -2.52. The molecule has 1 aliphatic heterocycles. The third kappa shape index (κ3) is 2.94. The highest BCUT2D eigenvalue weighted by atomic mass is 15.2. The van der Waals surface area contributed by atoms with Crippen LogP contribution in [0.3, 0.4) is 0 Å². The quantitative estimate of drug-likeness (QED) is 0.733. The summed E-state index contributed by atoms with van der Waals surface area (Å²) in [6.07, 6.45) is 6.40. The van der Waals surface area contributed by atoms with E-state index in [0.717, 1.165) is 12.5 Å². The van der Waals surface area contributed by atoms with E-state index in [1.807, 2.05) is 0 Å². The Morgan fingerprint density at radius 3 is 2.20 bits per heavy atom. The molecule has 0 spiro atoms. The number of likely N-dealkylation sites (tertiary alicyclic amines) is 1. The first-order valence-electron chi connectivity index (χ1n) is 6.63. The van der Waals surface area contributed by atoms with E-state index in [0.29, 0.717) is 5.54 Å². The maximum atomic E-state index is 6.06. The minimum absolute atomic E-state index is 0.314. The summed E-state index contributed by atoms with van der Waals surface area (Å²) in [5, 5.41) is 0. The molecule has 1 fully saturated rings. The second-order valence-electron chi connectivity index (χ2n) is 5.27. The molecule has 1 heterocycles. The molecular formula is C13H28N2. The Kier molecular flexibility index (Phi) is 5.07. The molecule has 90 valence electrons. The Morgan fingerprint density at radius 1 is 1.27 bits per heavy atom. The Hall–Kier alpha value is -0.0800. The lowest BCUT2D eigenvalue weighted by atomic mass is 9.87. The second kappa shape index (κ2) is 5.86. The van der Waals surface area contributed by atoms with Gasteiger partial charge in [-0.05, 0) is 31.7 Å². The topological polar surface area (TPSA) is 29.3 Å². The van der Waals surface area contributed by atoms with Crippen molar-refractivity contribution >= 4 is 0 Å². The molecule has 0 saturated carbocycles. The molecule has 1 saturated heterocycles. The van der Waals surface area contributed by atoms with Gasteiger partial charge in [-0.1, -0.05) is 33.6 Å². The van der Waals surface area contributed by atoms with Gasteiger partial charge >= 0.3 is 0 Å². The third-order valence-electron chi connectivity index (χ3n) is 3.91. The van der Waals surface area contributed by atoms with Gasteiger partial charge in [-0.3, -0.25) is 4.90 Å². The molecule has 0 radical (unpaired) electrons. The maximum Gasteiger partial charge on any atom is 0.0331 e. The summed E-state index contributed by atoms with van der Waals surface area (Å²) in [4.78, 5) is 2.67. The highest BCUT2D eigenvalue weighted by Crippen LogP contribution is 2.31. The van der Waals surface area contributed by atoms with Crippen LogP contribution in [0.15, 0.2) is 0 Å². The molecule has 0 aromatic rings. The number of nitrogens with zero attached hydrogens (tertiary/aromatic N) is 1. The van der Waals surface area contributed by atoms with Gasteiger partial charge in [0.25, 0.3) is 0 Å². The van der Waals surface area contributed by atoms with Crippen molar-refractivity contribution in [2.45, 2.75) is 58.4 Å². The summed E-state index contributed by atoms with van der Waals surface area (Å²) in [5.41, 5.74) is 6.38. The van der Waals surface area contributed by atoms with Crippen molar-refractivity contribution in [2.24, 2.45) is 11.7 Å². The Bertz CT molecular complexity index is 173. The van der Waals surface area contributed by atoms with E-state index in [-0.39, 0.29) is 0 Å². The molecule has 1 atom stereocenters. The van der Waals surface area contributed by atoms with E-state index in [2.05, 4.69) is 25.7 Å². The molecule has 0 amide bonds. The lowest BCUT2D eigenvalue weighted by molar-refractivity contribution is 0.0975. The summed E-state index contributed by atoms with van der Waals surface area (Å²) >= 11 is 0. The van der Waals surface area contributed by atoms with Gasteiger partial charge in [-0.25, -0.2) is 0 Å². The third-order valence-corrected chi connectivity index (χ3v) is 3.91. The fourth-order valence-corrected chi connectivity index (χ4v) is 3.07. The van der Waals surface area contributed by atoms with Crippen LogP contribution < -0.4 is 5.73 Å². The van der Waals surface area contributed by atoms with Crippen molar-refractivity contribution in [3.8, 4) is 0 Å². The summed E-state index contributed by atoms with van der Waals surface area (Å²) in [6, 6.07) is 0. The highest BCUT2D eigenvalue weighted by molar-refractivity contribution is 4.94. The van der Waals surface area contributed by atoms with Crippen LogP contribution in [0.2, 0.25) is 0 Å². The van der Waals surface area contributed by atoms with E-state index in [4.69, 9.17) is 5.73 Å². The predicted octanol–water partition coefficient (Wildman–Crippen LogP) is 2.63. The monoisotopic (exact) mass is 212 g/mol. The zero-order valence-corrected chi connectivity index (χ0v) is 10.8. The van der Waals surface area contributed by atoms with Crippen LogP contribution >= 0.6 is 0 Å². The smallest absolute Gasteiger partial charge is 0.0331 e. The largest absolute Gasteiger partial charge is 0.329 e. The molecule has 1 aliphatic rings. The van der Waals surface area contributed by atoms with Crippen molar-refractivity contribution in [2.75, 3.05) is 19.6 Å². The minimum Gasteiger partial charge on any atom is -0.329 e. The van der Waals surface area contributed by atoms with Gasteiger partial charge in [-0.2, -0.15) is 0 Å². The van der Waals surface area contributed by atoms with Gasteiger partial charge in [-0.15, -0.1) is 0 Å². The van der Waals surface area contributed by atoms with Crippen molar-refractivity contribution in [1.82, 2.24) is 4.90 Å². The lowest BCUT2D eigenvalue weighted by Gasteiger charge is -2.41. The van der Waals surface area contributed by atoms with Crippen molar-refractivity contribution in [3.63, 3.8) is 0 Å². The predicted molar refractivity (Wildman–Crippen MR) is 67.0 cm³/mol. The number of rotatable bonds is 6. The maximum absolute atomic E-state index is 6.06. The molecular weight excluding hydrogens is 184 g/mol. The summed E-state index contributed by atoms with van der Waals surface area (Å²) in [7, 11) is 0. The fourth-order valence-electron chi connectivity index (χ4n) is 3.07. The molecule has 15 heavy (non-hydrogen) atoms. The Balaban J connectivity index is 2.68. The number of nitrogens with two attached hydrogens (primary N) is 1. The number of hydrogen-bond donors (Lipinski definition) is 1. The molecule has 2 nitrogen and oxygen atoms in total. The zero-order valence-electron chi connectivity index (χ0n) is 10.8. The number of hydrogen-bond acceptors (Lipinski definition) is 2. The standard InChI is InChI=1S/C13H28N2/c1-4-7-13(11-14,8-5-2)15-9-6-12(3)10-15/h12H,4-11,14H2,1-3H3. The minimum atomic E-state index is 0.314. The van der Waals surface area contributed by atoms with E-state index in [1.54, 1.807) is 0 Å². The van der Waals surface area contributed by atoms with Gasteiger partial charge < -0.3 is 5.73 Å². The van der Waals surface area contributed by atoms with Crippen LogP contribution in [0.1, 0.15) is 52.9 Å². The van der Waals surface area contributed by atoms with Crippen molar-refractivity contribution < 1.29 is 0 Å². The van der Waals surface area contributed by atoms with E-state index >= 15 is 0 Å². The molecule has 1 rings (SSSR count). The van der Waals surface area contributed by atoms with Gasteiger partial charge in [0.2, 0.25) is 0 Å². The molecule has 0 aromatic heterocycles. The first kappa shape index (κ1) is 13.0. The molecule has 0 aromatic carbocycles. The molecule has 0 aliphatic carbocycles. The second-order valence-corrected chi connectivity index (χ2v) is 5.27. The average Bonchev–Trinajstić information content (AvgIpc) is 2.65. The Labute approximate surface area is 95.2 Å². The van der Waals surface area contributed by atoms with Crippen LogP contribution in [0.5, 0.6) is 0 Å². The van der Waals surface area contributed by atoms with Gasteiger partial charge in [0.05, 0.1) is 0 Å². The van der Waals surface area contributed by atoms with Crippen LogP contribution in [0.25, 0.3) is 0 Å². The average molecular weight is 212 g/mol. The van der Waals surface area contributed by atoms with E-state index in [9.17, 15) is 0 Å². The van der Waals surface area contributed by atoms with Crippen LogP contribution in [0, 0.1) is 5.92 Å². The molecule has 2 N–H and O–H groups in total. The first-order chi connectivity index (χ1) is 7.18. The van der Waals surface area contributed by atoms with Crippen molar-refractivity contribution in [1.29, 1.82) is 0 Å². The normalized spacial score (nSPS) is 23.6. The van der Waals surface area contributed by atoms with E-state index < -0.39 is 0 Å². The fraction of sp³-hybridized carbons (Fsp3) is 1.00. The highest BCUT2D eigenvalue weighted by Gasteiger charge is 2.36. The SMILES string of the molecule is CCCC(CN)(CCC)N1CCC(C)C1. The molecule has 2 heteroatoms. The Morgan fingerprint density at radius 2 is 1.87 bits per heavy atom. The molecule has 1 unspecified atom stereocenters. The van der Waals surface area contributed by atoms with Crippen LogP contribution in [0.4, 0.5) is 0 Å². The van der Waals surface area contributed by atoms with Gasteiger partial charge in [0, 0.05) is 18.6 Å². The van der Waals surface area contributed by atoms with Crippen molar-refractivity contribution in [3.05, 3.63) is 0 Å². The van der Waals surface area contributed by atoms with Crippen LogP contribution in [-0.2, 0) is 0 Å². The summed E-state index contributed by atoms with van der Waals surface area (Å²) in [6.45, 7) is 10.3. The van der Waals surface area contributed by atoms with Crippen LogP contribution in [-0.4, -0.2) is 30.1 Å².